The summed E-state index contributed by atoms with van der Waals surface area (Å²) < 4.78 is 0. The van der Waals surface area contributed by atoms with Gasteiger partial charge in [0.1, 0.15) is 11.8 Å². The van der Waals surface area contributed by atoms with E-state index in [1.165, 1.54) is 0 Å². The van der Waals surface area contributed by atoms with Gasteiger partial charge in [0.05, 0.1) is 0 Å². The first-order valence-electron chi connectivity index (χ1n) is 8.04. The second-order valence-electron chi connectivity index (χ2n) is 6.01. The highest BCUT2D eigenvalue weighted by molar-refractivity contribution is 6.30. The van der Waals surface area contributed by atoms with E-state index in [1.807, 2.05) is 0 Å². The van der Waals surface area contributed by atoms with Crippen molar-refractivity contribution >= 4 is 29.0 Å². The molecule has 3 rings (SSSR count). The van der Waals surface area contributed by atoms with Gasteiger partial charge in [0.25, 0.3) is 5.91 Å². The number of nitrogens with zero attached hydrogens (tertiary/aromatic N) is 1. The van der Waals surface area contributed by atoms with E-state index in [0.29, 0.717) is 21.8 Å². The summed E-state index contributed by atoms with van der Waals surface area (Å²) in [4.78, 5) is 24.6. The molecule has 0 saturated heterocycles. The molecule has 0 aromatic heterocycles. The molecule has 0 atom stereocenters. The Balaban J connectivity index is 1.72. The Morgan fingerprint density at radius 1 is 1.04 bits per heavy atom. The van der Waals surface area contributed by atoms with Crippen LogP contribution in [-0.2, 0) is 4.79 Å². The summed E-state index contributed by atoms with van der Waals surface area (Å²) in [5.41, 5.74) is 1.13. The molecule has 130 valence electrons. The molecule has 0 aliphatic heterocycles. The number of allylic oxidation sites excluding steroid dienone is 1. The number of aliphatic hydroxyl groups excluding tert-OH is 1. The van der Waals surface area contributed by atoms with E-state index < -0.39 is 5.91 Å². The molecule has 0 spiro atoms. The van der Waals surface area contributed by atoms with E-state index >= 15 is 0 Å². The van der Waals surface area contributed by atoms with Crippen LogP contribution < -0.4 is 5.32 Å². The number of carbonyl (C=O) groups is 2. The maximum absolute atomic E-state index is 12.4. The molecule has 26 heavy (non-hydrogen) atoms. The molecule has 6 heteroatoms. The van der Waals surface area contributed by atoms with Crippen molar-refractivity contribution in [3.63, 3.8) is 0 Å². The topological polar surface area (TPSA) is 90.2 Å². The van der Waals surface area contributed by atoms with Crippen molar-refractivity contribution in [3.8, 4) is 6.07 Å². The number of amides is 1. The number of halogens is 1. The molecule has 1 aliphatic rings. The minimum atomic E-state index is -0.659. The van der Waals surface area contributed by atoms with Crippen LogP contribution >= 0.6 is 11.6 Å². The van der Waals surface area contributed by atoms with Gasteiger partial charge in [0.2, 0.25) is 0 Å². The number of nitrogens with one attached hydrogen (secondary N) is 1. The molecular weight excluding hydrogens is 352 g/mol. The van der Waals surface area contributed by atoms with E-state index in [2.05, 4.69) is 5.32 Å². The summed E-state index contributed by atoms with van der Waals surface area (Å²) >= 11 is 5.82. The highest BCUT2D eigenvalue weighted by Gasteiger charge is 2.30. The van der Waals surface area contributed by atoms with Crippen LogP contribution in [-0.4, -0.2) is 16.8 Å². The molecule has 2 N–H and O–H groups in total. The van der Waals surface area contributed by atoms with Crippen molar-refractivity contribution in [1.82, 2.24) is 0 Å². The van der Waals surface area contributed by atoms with Crippen LogP contribution in [0.15, 0.2) is 59.9 Å². The van der Waals surface area contributed by atoms with Crippen molar-refractivity contribution in [2.24, 2.45) is 5.92 Å². The van der Waals surface area contributed by atoms with Gasteiger partial charge >= 0.3 is 0 Å². The predicted molar refractivity (Wildman–Crippen MR) is 97.9 cm³/mol. The summed E-state index contributed by atoms with van der Waals surface area (Å²) in [7, 11) is 0. The standard InChI is InChI=1S/C20H15ClN2O3/c21-15-7-3-12(4-8-15)18(24)13-5-9-16(10-6-13)23-20(26)17(11-22)19(25)14-1-2-14/h3-10,14,25H,1-2H2,(H,23,26). The molecule has 0 radical (unpaired) electrons. The fourth-order valence-corrected chi connectivity index (χ4v) is 2.58. The highest BCUT2D eigenvalue weighted by Crippen LogP contribution is 2.36. The lowest BCUT2D eigenvalue weighted by atomic mass is 10.0. The largest absolute Gasteiger partial charge is 0.510 e. The summed E-state index contributed by atoms with van der Waals surface area (Å²) in [5.74, 6) is -1.06. The van der Waals surface area contributed by atoms with Crippen molar-refractivity contribution < 1.29 is 14.7 Å². The maximum atomic E-state index is 12.4. The van der Waals surface area contributed by atoms with Crippen LogP contribution in [0.1, 0.15) is 28.8 Å². The Bertz CT molecular complexity index is 921. The number of benzene rings is 2. The zero-order chi connectivity index (χ0) is 18.7. The number of hydrogen-bond donors (Lipinski definition) is 2. The quantitative estimate of drug-likeness (QED) is 0.358. The lowest BCUT2D eigenvalue weighted by Crippen LogP contribution is -2.16. The van der Waals surface area contributed by atoms with Gasteiger partial charge < -0.3 is 10.4 Å². The first-order valence-corrected chi connectivity index (χ1v) is 8.42. The van der Waals surface area contributed by atoms with Crippen LogP contribution in [0.25, 0.3) is 0 Å². The first-order chi connectivity index (χ1) is 12.5. The van der Waals surface area contributed by atoms with E-state index in [9.17, 15) is 14.7 Å². The zero-order valence-corrected chi connectivity index (χ0v) is 14.5. The molecule has 5 nitrogen and oxygen atoms in total. The van der Waals surface area contributed by atoms with Crippen LogP contribution in [0.2, 0.25) is 5.02 Å². The molecule has 0 unspecified atom stereocenters. The first kappa shape index (κ1) is 17.7. The number of aliphatic hydroxyl groups is 1. The van der Waals surface area contributed by atoms with E-state index in [-0.39, 0.29) is 23.0 Å². The lowest BCUT2D eigenvalue weighted by molar-refractivity contribution is -0.112. The van der Waals surface area contributed by atoms with Gasteiger partial charge in [-0.1, -0.05) is 11.6 Å². The Morgan fingerprint density at radius 2 is 1.58 bits per heavy atom. The second kappa shape index (κ2) is 7.42. The summed E-state index contributed by atoms with van der Waals surface area (Å²) in [6, 6.07) is 14.6. The van der Waals surface area contributed by atoms with Gasteiger partial charge in [-0.05, 0) is 61.4 Å². The van der Waals surface area contributed by atoms with E-state index in [0.717, 1.165) is 12.8 Å². The average molecular weight is 367 g/mol. The molecule has 1 saturated carbocycles. The molecule has 2 aromatic carbocycles. The fraction of sp³-hybridized carbons (Fsp3) is 0.150. The number of anilines is 1. The van der Waals surface area contributed by atoms with Gasteiger partial charge in [0, 0.05) is 27.8 Å². The minimum Gasteiger partial charge on any atom is -0.510 e. The predicted octanol–water partition coefficient (Wildman–Crippen LogP) is 4.26. The highest BCUT2D eigenvalue weighted by atomic mass is 35.5. The number of carbonyl (C=O) groups excluding carboxylic acids is 2. The van der Waals surface area contributed by atoms with Gasteiger partial charge in [-0.25, -0.2) is 0 Å². The van der Waals surface area contributed by atoms with Crippen molar-refractivity contribution in [2.45, 2.75) is 12.8 Å². The summed E-state index contributed by atoms with van der Waals surface area (Å²) in [6.45, 7) is 0. The third-order valence-electron chi connectivity index (χ3n) is 4.07. The number of nitriles is 1. The summed E-state index contributed by atoms with van der Waals surface area (Å²) in [6.07, 6.45) is 1.57. The number of hydrogen-bond acceptors (Lipinski definition) is 4. The second-order valence-corrected chi connectivity index (χ2v) is 6.45. The molecule has 2 aromatic rings. The molecule has 1 amide bonds. The Hall–Kier alpha value is -3.10. The van der Waals surface area contributed by atoms with E-state index in [1.54, 1.807) is 54.6 Å². The van der Waals surface area contributed by atoms with Gasteiger partial charge in [-0.2, -0.15) is 5.26 Å². The Kier molecular flexibility index (Phi) is 5.06. The molecule has 0 bridgehead atoms. The average Bonchev–Trinajstić information content (AvgIpc) is 3.48. The molecule has 1 aliphatic carbocycles. The van der Waals surface area contributed by atoms with Gasteiger partial charge in [-0.3, -0.25) is 9.59 Å². The Morgan fingerprint density at radius 3 is 2.08 bits per heavy atom. The minimum absolute atomic E-state index is 0.0882. The lowest BCUT2D eigenvalue weighted by Gasteiger charge is -2.07. The van der Waals surface area contributed by atoms with Crippen molar-refractivity contribution in [1.29, 1.82) is 5.26 Å². The molecule has 1 fully saturated rings. The van der Waals surface area contributed by atoms with Gasteiger partial charge in [-0.15, -0.1) is 0 Å². The molecular formula is C20H15ClN2O3. The van der Waals surface area contributed by atoms with Crippen LogP contribution in [0, 0.1) is 17.2 Å². The summed E-state index contributed by atoms with van der Waals surface area (Å²) in [5, 5.41) is 22.1. The van der Waals surface area contributed by atoms with Crippen LogP contribution in [0.5, 0.6) is 0 Å². The van der Waals surface area contributed by atoms with Crippen LogP contribution in [0.3, 0.4) is 0 Å². The third-order valence-corrected chi connectivity index (χ3v) is 4.32. The number of ketones is 1. The zero-order valence-electron chi connectivity index (χ0n) is 13.7. The monoisotopic (exact) mass is 366 g/mol. The Labute approximate surface area is 155 Å². The molecule has 0 heterocycles. The van der Waals surface area contributed by atoms with Crippen LogP contribution in [0.4, 0.5) is 5.69 Å². The third kappa shape index (κ3) is 3.93. The normalized spacial score (nSPS) is 14.2. The fourth-order valence-electron chi connectivity index (χ4n) is 2.45. The van der Waals surface area contributed by atoms with E-state index in [4.69, 9.17) is 16.9 Å². The smallest absolute Gasteiger partial charge is 0.269 e. The SMILES string of the molecule is N#CC(C(=O)Nc1ccc(C(=O)c2ccc(Cl)cc2)cc1)=C(O)C1CC1. The number of rotatable bonds is 5. The van der Waals surface area contributed by atoms with Gasteiger partial charge in [0.15, 0.2) is 11.4 Å². The van der Waals surface area contributed by atoms with Crippen molar-refractivity contribution in [2.75, 3.05) is 5.32 Å². The maximum Gasteiger partial charge on any atom is 0.269 e. The van der Waals surface area contributed by atoms with Crippen molar-refractivity contribution in [3.05, 3.63) is 76.0 Å².